The van der Waals surface area contributed by atoms with Gasteiger partial charge in [0, 0.05) is 11.1 Å². The summed E-state index contributed by atoms with van der Waals surface area (Å²) in [7, 11) is 0. The molecule has 2 aromatic carbocycles. The van der Waals surface area contributed by atoms with Crippen LogP contribution in [0.25, 0.3) is 12.2 Å². The van der Waals surface area contributed by atoms with E-state index in [1.807, 2.05) is 19.1 Å². The lowest BCUT2D eigenvalue weighted by molar-refractivity contribution is 0.00303. The molecule has 0 aliphatic carbocycles. The van der Waals surface area contributed by atoms with E-state index < -0.39 is 17.9 Å². The first kappa shape index (κ1) is 22.8. The summed E-state index contributed by atoms with van der Waals surface area (Å²) in [6, 6.07) is 13.2. The maximum absolute atomic E-state index is 12.3. The first-order valence-electron chi connectivity index (χ1n) is 8.01. The van der Waals surface area contributed by atoms with Crippen LogP contribution in [0.4, 0.5) is 0 Å². The Morgan fingerprint density at radius 2 is 1.22 bits per heavy atom. The van der Waals surface area contributed by atoms with Crippen molar-refractivity contribution in [3.8, 4) is 0 Å². The first-order chi connectivity index (χ1) is 12.9. The van der Waals surface area contributed by atoms with Crippen molar-refractivity contribution < 1.29 is 19.8 Å². The number of carbonyl (C=O) groups is 2. The predicted molar refractivity (Wildman–Crippen MR) is 110 cm³/mol. The second-order valence-corrected chi connectivity index (χ2v) is 6.08. The fourth-order valence-corrected chi connectivity index (χ4v) is 2.14. The molecule has 0 aromatic heterocycles. The van der Waals surface area contributed by atoms with E-state index in [-0.39, 0.29) is 5.34 Å². The monoisotopic (exact) mass is 406 g/mol. The van der Waals surface area contributed by atoms with E-state index >= 15 is 0 Å². The molecule has 2 aromatic rings. The molecule has 142 valence electrons. The lowest BCUT2D eigenvalue weighted by Gasteiger charge is -2.03. The van der Waals surface area contributed by atoms with Gasteiger partial charge in [-0.25, -0.2) is 0 Å². The maximum atomic E-state index is 12.3. The molecular weight excluding hydrogens is 387 g/mol. The van der Waals surface area contributed by atoms with Crippen molar-refractivity contribution in [2.45, 2.75) is 13.2 Å². The number of Topliss-reactive ketones (excluding diaryl/α,β-unsaturated/α-hetero) is 2. The van der Waals surface area contributed by atoms with Crippen molar-refractivity contribution >= 4 is 46.9 Å². The van der Waals surface area contributed by atoms with Gasteiger partial charge in [0.15, 0.2) is 6.29 Å². The van der Waals surface area contributed by atoms with Crippen molar-refractivity contribution in [1.82, 2.24) is 0 Å². The number of benzene rings is 2. The number of aliphatic hydroxyl groups is 2. The molecule has 0 radical (unpaired) electrons. The summed E-state index contributed by atoms with van der Waals surface area (Å²) < 4.78 is 0. The van der Waals surface area contributed by atoms with Crippen LogP contribution in [0.3, 0.4) is 0 Å². The zero-order valence-corrected chi connectivity index (χ0v) is 16.2. The highest BCUT2D eigenvalue weighted by Gasteiger charge is 2.17. The molecule has 0 unspecified atom stereocenters. The van der Waals surface area contributed by atoms with E-state index in [4.69, 9.17) is 33.4 Å². The number of ketones is 2. The molecule has 0 heterocycles. The highest BCUT2D eigenvalue weighted by atomic mass is 35.5. The van der Waals surface area contributed by atoms with Crippen LogP contribution in [0.2, 0.25) is 0 Å². The Kier molecular flexibility index (Phi) is 10.3. The summed E-state index contributed by atoms with van der Waals surface area (Å²) in [6.45, 7) is 1.91. The van der Waals surface area contributed by atoms with Gasteiger partial charge in [-0.05, 0) is 24.1 Å². The van der Waals surface area contributed by atoms with E-state index in [0.717, 1.165) is 5.56 Å². The Balaban J connectivity index is 0.00000114. The van der Waals surface area contributed by atoms with Crippen molar-refractivity contribution in [1.29, 1.82) is 0 Å². The van der Waals surface area contributed by atoms with Gasteiger partial charge < -0.3 is 10.2 Å². The summed E-state index contributed by atoms with van der Waals surface area (Å²) in [4.78, 5) is 24.5. The van der Waals surface area contributed by atoms with Crippen LogP contribution in [0.5, 0.6) is 0 Å². The minimum Gasteiger partial charge on any atom is -0.365 e. The molecule has 0 amide bonds. The molecule has 2 N–H and O–H groups in total. The minimum atomic E-state index is -1.53. The van der Waals surface area contributed by atoms with Crippen LogP contribution >= 0.6 is 23.2 Å². The zero-order chi connectivity index (χ0) is 20.2. The maximum Gasteiger partial charge on any atom is 0.233 e. The molecule has 27 heavy (non-hydrogen) atoms. The first-order valence-corrected chi connectivity index (χ1v) is 9.08. The fourth-order valence-electron chi connectivity index (χ4n) is 2.14. The highest BCUT2D eigenvalue weighted by Crippen LogP contribution is 2.12. The van der Waals surface area contributed by atoms with Gasteiger partial charge in [-0.2, -0.15) is 0 Å². The Hall–Kier alpha value is -2.24. The van der Waals surface area contributed by atoms with E-state index in [0.29, 0.717) is 16.7 Å². The van der Waals surface area contributed by atoms with E-state index in [1.54, 1.807) is 36.4 Å². The minimum absolute atomic E-state index is 0.194. The van der Waals surface area contributed by atoms with Gasteiger partial charge in [-0.1, -0.05) is 66.8 Å². The SMILES string of the molecule is C/C=C/c1ccc(C(=O)C(=O)c2ccc(/C=C/C(O)O)cc2)cc1.ClCCl. The third-order valence-electron chi connectivity index (χ3n) is 3.37. The number of carbonyl (C=O) groups excluding carboxylic acids is 2. The standard InChI is InChI=1S/C20H18O4.CH2Cl2/c1-2-3-14-4-9-16(10-5-14)19(23)20(24)17-11-6-15(7-12-17)8-13-18(21)22;2-1-3/h2-13,18,21-22H,1H3;1H2/b3-2+,13-8+;. The predicted octanol–water partition coefficient (Wildman–Crippen LogP) is 4.53. The number of alkyl halides is 2. The van der Waals surface area contributed by atoms with Crippen LogP contribution in [0.1, 0.15) is 38.8 Å². The molecule has 2 rings (SSSR count). The van der Waals surface area contributed by atoms with Crippen LogP contribution in [0.15, 0.2) is 60.7 Å². The molecule has 0 saturated heterocycles. The van der Waals surface area contributed by atoms with Crippen molar-refractivity contribution in [2.75, 3.05) is 5.34 Å². The Bertz CT molecular complexity index is 792. The molecule has 4 nitrogen and oxygen atoms in total. The van der Waals surface area contributed by atoms with Gasteiger partial charge in [0.1, 0.15) is 0 Å². The zero-order valence-electron chi connectivity index (χ0n) is 14.7. The van der Waals surface area contributed by atoms with Crippen molar-refractivity contribution in [3.63, 3.8) is 0 Å². The van der Waals surface area contributed by atoms with E-state index in [2.05, 4.69) is 0 Å². The van der Waals surface area contributed by atoms with E-state index in [1.165, 1.54) is 24.3 Å². The fraction of sp³-hybridized carbons (Fsp3) is 0.143. The topological polar surface area (TPSA) is 74.6 Å². The normalized spacial score (nSPS) is 10.9. The molecule has 0 aliphatic rings. The highest BCUT2D eigenvalue weighted by molar-refractivity contribution is 6.49. The summed E-state index contributed by atoms with van der Waals surface area (Å²) in [6.07, 6.45) is 4.99. The molecular formula is C21H20Cl2O4. The number of halogens is 2. The summed E-state index contributed by atoms with van der Waals surface area (Å²) in [5.74, 6) is -1.14. The lowest BCUT2D eigenvalue weighted by Crippen LogP contribution is -2.14. The second kappa shape index (κ2) is 12.2. The molecule has 0 bridgehead atoms. The summed E-state index contributed by atoms with van der Waals surface area (Å²) >= 11 is 9.53. The van der Waals surface area contributed by atoms with Crippen LogP contribution < -0.4 is 0 Å². The van der Waals surface area contributed by atoms with Crippen LogP contribution in [-0.2, 0) is 0 Å². The van der Waals surface area contributed by atoms with Crippen molar-refractivity contribution in [2.24, 2.45) is 0 Å². The van der Waals surface area contributed by atoms with E-state index in [9.17, 15) is 9.59 Å². The summed E-state index contributed by atoms with van der Waals surface area (Å²) in [5, 5.41) is 17.7. The molecule has 6 heteroatoms. The Morgan fingerprint density at radius 3 is 1.56 bits per heavy atom. The Labute approximate surface area is 168 Å². The van der Waals surface area contributed by atoms with Gasteiger partial charge in [-0.15, -0.1) is 23.2 Å². The van der Waals surface area contributed by atoms with Gasteiger partial charge in [-0.3, -0.25) is 9.59 Å². The third-order valence-corrected chi connectivity index (χ3v) is 3.37. The molecule has 0 atom stereocenters. The largest absolute Gasteiger partial charge is 0.365 e. The van der Waals surface area contributed by atoms with Gasteiger partial charge in [0.25, 0.3) is 0 Å². The number of aliphatic hydroxyl groups excluding tert-OH is 1. The quantitative estimate of drug-likeness (QED) is 0.319. The molecule has 0 aliphatic heterocycles. The average molecular weight is 407 g/mol. The van der Waals surface area contributed by atoms with Gasteiger partial charge in [0.2, 0.25) is 11.6 Å². The number of rotatable bonds is 6. The average Bonchev–Trinajstić information content (AvgIpc) is 2.67. The molecule has 0 fully saturated rings. The molecule has 0 saturated carbocycles. The van der Waals surface area contributed by atoms with Crippen LogP contribution in [0, 0.1) is 0 Å². The Morgan fingerprint density at radius 1 is 0.852 bits per heavy atom. The van der Waals surface area contributed by atoms with Gasteiger partial charge in [0.05, 0.1) is 5.34 Å². The number of hydrogen-bond donors (Lipinski definition) is 2. The lowest BCUT2D eigenvalue weighted by atomic mass is 9.99. The smallest absolute Gasteiger partial charge is 0.233 e. The number of hydrogen-bond acceptors (Lipinski definition) is 4. The molecule has 0 spiro atoms. The van der Waals surface area contributed by atoms with Gasteiger partial charge >= 0.3 is 0 Å². The van der Waals surface area contributed by atoms with Crippen molar-refractivity contribution in [3.05, 3.63) is 82.9 Å². The number of allylic oxidation sites excluding steroid dienone is 1. The summed E-state index contributed by atoms with van der Waals surface area (Å²) in [5.41, 5.74) is 2.30. The third kappa shape index (κ3) is 7.89. The van der Waals surface area contributed by atoms with Crippen LogP contribution in [-0.4, -0.2) is 33.4 Å². The second-order valence-electron chi connectivity index (χ2n) is 5.28.